The number of aromatic nitrogens is 3. The molecule has 3 rings (SSSR count). The highest BCUT2D eigenvalue weighted by atomic mass is 32.1. The molecule has 2 N–H and O–H groups in total. The van der Waals surface area contributed by atoms with Crippen molar-refractivity contribution in [2.45, 2.75) is 18.9 Å². The molecule has 0 radical (unpaired) electrons. The number of hydrogen-bond acceptors (Lipinski definition) is 3. The molecule has 0 bridgehead atoms. The Labute approximate surface area is 102 Å². The highest BCUT2D eigenvalue weighted by molar-refractivity contribution is 7.71. The summed E-state index contributed by atoms with van der Waals surface area (Å²) in [6.07, 6.45) is 2.08. The summed E-state index contributed by atoms with van der Waals surface area (Å²) in [5, 5.41) is 16.5. The van der Waals surface area contributed by atoms with E-state index in [-0.39, 0.29) is 5.75 Å². The molecule has 1 saturated carbocycles. The molecule has 1 aromatic heterocycles. The summed E-state index contributed by atoms with van der Waals surface area (Å²) in [5.41, 5.74) is 0.365. The van der Waals surface area contributed by atoms with Crippen LogP contribution in [0.25, 0.3) is 11.4 Å². The molecule has 0 spiro atoms. The van der Waals surface area contributed by atoms with Gasteiger partial charge in [-0.3, -0.25) is 9.67 Å². The summed E-state index contributed by atoms with van der Waals surface area (Å²) in [4.78, 5) is 0. The summed E-state index contributed by atoms with van der Waals surface area (Å²) in [6, 6.07) is 4.11. The molecule has 2 aromatic rings. The van der Waals surface area contributed by atoms with Crippen LogP contribution in [0.15, 0.2) is 18.2 Å². The molecule has 0 saturated heterocycles. The standard InChI is InChI=1S/C11H10FN3OS/c12-6-1-4-9(16)8(5-6)10-13-14-11(17)15(10)7-2-3-7/h1,4-5,7,16H,2-3H2,(H,14,17). The van der Waals surface area contributed by atoms with Crippen LogP contribution >= 0.6 is 12.2 Å². The Kier molecular flexibility index (Phi) is 2.25. The van der Waals surface area contributed by atoms with E-state index < -0.39 is 5.82 Å². The highest BCUT2D eigenvalue weighted by Gasteiger charge is 2.28. The Balaban J connectivity index is 2.21. The third-order valence-corrected chi connectivity index (χ3v) is 3.10. The van der Waals surface area contributed by atoms with Crippen LogP contribution in [-0.4, -0.2) is 19.9 Å². The van der Waals surface area contributed by atoms with Crippen molar-refractivity contribution in [3.05, 3.63) is 28.8 Å². The fourth-order valence-corrected chi connectivity index (χ4v) is 2.13. The van der Waals surface area contributed by atoms with Crippen molar-refractivity contribution in [3.8, 4) is 17.1 Å². The number of phenols is 1. The quantitative estimate of drug-likeness (QED) is 0.807. The third kappa shape index (κ3) is 1.74. The topological polar surface area (TPSA) is 53.8 Å². The lowest BCUT2D eigenvalue weighted by Gasteiger charge is -2.06. The Bertz CT molecular complexity index is 630. The van der Waals surface area contributed by atoms with E-state index in [1.54, 1.807) is 0 Å². The van der Waals surface area contributed by atoms with Crippen molar-refractivity contribution < 1.29 is 9.50 Å². The van der Waals surface area contributed by atoms with Gasteiger partial charge in [0.2, 0.25) is 0 Å². The summed E-state index contributed by atoms with van der Waals surface area (Å²) in [7, 11) is 0. The van der Waals surface area contributed by atoms with Gasteiger partial charge in [-0.15, -0.1) is 0 Å². The molecular weight excluding hydrogens is 241 g/mol. The number of hydrogen-bond donors (Lipinski definition) is 2. The van der Waals surface area contributed by atoms with E-state index in [2.05, 4.69) is 10.2 Å². The summed E-state index contributed by atoms with van der Waals surface area (Å²) >= 11 is 5.13. The molecule has 1 aliphatic rings. The molecule has 1 fully saturated rings. The molecule has 6 heteroatoms. The first kappa shape index (κ1) is 10.5. The number of halogens is 1. The fraction of sp³-hybridized carbons (Fsp3) is 0.273. The Morgan fingerprint density at radius 3 is 2.94 bits per heavy atom. The minimum Gasteiger partial charge on any atom is -0.507 e. The van der Waals surface area contributed by atoms with Gasteiger partial charge in [0.25, 0.3) is 0 Å². The largest absolute Gasteiger partial charge is 0.507 e. The van der Waals surface area contributed by atoms with Gasteiger partial charge in [-0.1, -0.05) is 0 Å². The monoisotopic (exact) mass is 251 g/mol. The Morgan fingerprint density at radius 2 is 2.24 bits per heavy atom. The SMILES string of the molecule is Oc1ccc(F)cc1-c1n[nH]c(=S)n1C1CC1. The maximum atomic E-state index is 13.2. The smallest absolute Gasteiger partial charge is 0.195 e. The molecule has 0 atom stereocenters. The minimum absolute atomic E-state index is 0.00213. The zero-order valence-corrected chi connectivity index (χ0v) is 9.67. The van der Waals surface area contributed by atoms with Crippen molar-refractivity contribution >= 4 is 12.2 Å². The number of nitrogens with zero attached hydrogens (tertiary/aromatic N) is 2. The highest BCUT2D eigenvalue weighted by Crippen LogP contribution is 2.39. The van der Waals surface area contributed by atoms with Gasteiger partial charge in [0.05, 0.1) is 5.56 Å². The second-order valence-electron chi connectivity index (χ2n) is 4.12. The average molecular weight is 251 g/mol. The van der Waals surface area contributed by atoms with Crippen molar-refractivity contribution in [1.29, 1.82) is 0 Å². The van der Waals surface area contributed by atoms with Crippen molar-refractivity contribution in [2.75, 3.05) is 0 Å². The van der Waals surface area contributed by atoms with Crippen LogP contribution in [0.4, 0.5) is 4.39 Å². The van der Waals surface area contributed by atoms with E-state index in [1.807, 2.05) is 4.57 Å². The average Bonchev–Trinajstić information content (AvgIpc) is 3.06. The van der Waals surface area contributed by atoms with E-state index >= 15 is 0 Å². The van der Waals surface area contributed by atoms with Gasteiger partial charge in [0.1, 0.15) is 11.6 Å². The second-order valence-corrected chi connectivity index (χ2v) is 4.50. The molecule has 4 nitrogen and oxygen atoms in total. The van der Waals surface area contributed by atoms with Crippen LogP contribution in [0.3, 0.4) is 0 Å². The third-order valence-electron chi connectivity index (χ3n) is 2.82. The summed E-state index contributed by atoms with van der Waals surface area (Å²) < 4.78 is 15.5. The number of phenolic OH excluding ortho intramolecular Hbond substituents is 1. The van der Waals surface area contributed by atoms with Gasteiger partial charge in [0, 0.05) is 6.04 Å². The zero-order valence-electron chi connectivity index (χ0n) is 8.85. The van der Waals surface area contributed by atoms with E-state index in [4.69, 9.17) is 12.2 Å². The van der Waals surface area contributed by atoms with E-state index in [9.17, 15) is 9.50 Å². The Hall–Kier alpha value is -1.69. The number of rotatable bonds is 2. The van der Waals surface area contributed by atoms with Gasteiger partial charge in [0.15, 0.2) is 10.6 Å². The van der Waals surface area contributed by atoms with Gasteiger partial charge in [-0.2, -0.15) is 5.10 Å². The van der Waals surface area contributed by atoms with Gasteiger partial charge >= 0.3 is 0 Å². The van der Waals surface area contributed by atoms with Crippen LogP contribution in [-0.2, 0) is 0 Å². The lowest BCUT2D eigenvalue weighted by Crippen LogP contribution is -1.98. The molecule has 0 unspecified atom stereocenters. The maximum Gasteiger partial charge on any atom is 0.195 e. The summed E-state index contributed by atoms with van der Waals surface area (Å²) in [5.74, 6) is 0.0888. The van der Waals surface area contributed by atoms with Gasteiger partial charge in [-0.05, 0) is 43.3 Å². The predicted octanol–water partition coefficient (Wildman–Crippen LogP) is 2.79. The second kappa shape index (κ2) is 3.66. The van der Waals surface area contributed by atoms with E-state index in [0.717, 1.165) is 12.8 Å². The van der Waals surface area contributed by atoms with E-state index in [1.165, 1.54) is 18.2 Å². The van der Waals surface area contributed by atoms with Crippen molar-refractivity contribution in [3.63, 3.8) is 0 Å². The number of aromatic hydroxyl groups is 1. The van der Waals surface area contributed by atoms with Crippen LogP contribution in [0.2, 0.25) is 0 Å². The molecule has 1 aromatic carbocycles. The molecule has 17 heavy (non-hydrogen) atoms. The first-order valence-corrected chi connectivity index (χ1v) is 5.73. The molecular formula is C11H10FN3OS. The lowest BCUT2D eigenvalue weighted by atomic mass is 10.2. The Morgan fingerprint density at radius 1 is 1.47 bits per heavy atom. The molecule has 1 aliphatic carbocycles. The first-order valence-electron chi connectivity index (χ1n) is 5.32. The zero-order chi connectivity index (χ0) is 12.0. The normalized spacial score (nSPS) is 15.1. The maximum absolute atomic E-state index is 13.2. The number of aromatic amines is 1. The summed E-state index contributed by atoms with van der Waals surface area (Å²) in [6.45, 7) is 0. The molecule has 0 aliphatic heterocycles. The number of benzene rings is 1. The first-order chi connectivity index (χ1) is 8.16. The number of H-pyrrole nitrogens is 1. The molecule has 1 heterocycles. The van der Waals surface area contributed by atoms with Gasteiger partial charge in [-0.25, -0.2) is 4.39 Å². The van der Waals surface area contributed by atoms with Gasteiger partial charge < -0.3 is 5.11 Å². The van der Waals surface area contributed by atoms with Crippen LogP contribution < -0.4 is 0 Å². The predicted molar refractivity (Wildman–Crippen MR) is 62.7 cm³/mol. The minimum atomic E-state index is -0.408. The van der Waals surface area contributed by atoms with Crippen molar-refractivity contribution in [1.82, 2.24) is 14.8 Å². The lowest BCUT2D eigenvalue weighted by molar-refractivity contribution is 0.474. The van der Waals surface area contributed by atoms with Crippen LogP contribution in [0, 0.1) is 10.6 Å². The van der Waals surface area contributed by atoms with Crippen LogP contribution in [0.5, 0.6) is 5.75 Å². The van der Waals surface area contributed by atoms with Crippen LogP contribution in [0.1, 0.15) is 18.9 Å². The molecule has 0 amide bonds. The number of nitrogens with one attached hydrogen (secondary N) is 1. The fourth-order valence-electron chi connectivity index (χ4n) is 1.85. The van der Waals surface area contributed by atoms with E-state index in [0.29, 0.717) is 22.2 Å². The molecule has 88 valence electrons. The van der Waals surface area contributed by atoms with Crippen molar-refractivity contribution in [2.24, 2.45) is 0 Å².